The lowest BCUT2D eigenvalue weighted by Crippen LogP contribution is -2.54. The van der Waals surface area contributed by atoms with Crippen LogP contribution in [0.2, 0.25) is 0 Å². The lowest BCUT2D eigenvalue weighted by atomic mass is 10.1. The van der Waals surface area contributed by atoms with Gasteiger partial charge in [-0.3, -0.25) is 14.5 Å². The molecule has 1 aromatic carbocycles. The van der Waals surface area contributed by atoms with Crippen LogP contribution in [-0.4, -0.2) is 88.6 Å². The van der Waals surface area contributed by atoms with E-state index in [1.807, 2.05) is 42.2 Å². The second-order valence-electron chi connectivity index (χ2n) is 8.14. The number of likely N-dealkylation sites (tertiary alicyclic amines) is 1. The maximum Gasteiger partial charge on any atom is 0.245 e. The Morgan fingerprint density at radius 1 is 1.16 bits per heavy atom. The fourth-order valence-corrected chi connectivity index (χ4v) is 4.36. The number of nitrogens with zero attached hydrogens (tertiary/aromatic N) is 5. The number of rotatable bonds is 5. The summed E-state index contributed by atoms with van der Waals surface area (Å²) in [5.41, 5.74) is 0.918. The van der Waals surface area contributed by atoms with Crippen LogP contribution in [0.15, 0.2) is 34.9 Å². The predicted octanol–water partition coefficient (Wildman–Crippen LogP) is 1.58. The van der Waals surface area contributed by atoms with Crippen molar-refractivity contribution in [1.29, 1.82) is 0 Å². The minimum absolute atomic E-state index is 0.00575. The van der Waals surface area contributed by atoms with Crippen LogP contribution in [0.3, 0.4) is 0 Å². The van der Waals surface area contributed by atoms with Crippen molar-refractivity contribution in [3.63, 3.8) is 0 Å². The molecule has 2 saturated heterocycles. The molecule has 0 spiro atoms. The van der Waals surface area contributed by atoms with Crippen LogP contribution in [0, 0.1) is 0 Å². The molecule has 0 radical (unpaired) electrons. The van der Waals surface area contributed by atoms with Gasteiger partial charge in [0.25, 0.3) is 0 Å². The summed E-state index contributed by atoms with van der Waals surface area (Å²) in [7, 11) is 1.62. The Balaban J connectivity index is 1.36. The summed E-state index contributed by atoms with van der Waals surface area (Å²) in [6.45, 7) is 6.63. The molecule has 0 aliphatic carbocycles. The third kappa shape index (κ3) is 4.47. The lowest BCUT2D eigenvalue weighted by molar-refractivity contribution is -0.144. The Morgan fingerprint density at radius 3 is 2.52 bits per heavy atom. The molecule has 9 heteroatoms. The lowest BCUT2D eigenvalue weighted by Gasteiger charge is -2.38. The molecule has 1 aromatic heterocycles. The van der Waals surface area contributed by atoms with E-state index in [0.29, 0.717) is 50.9 Å². The van der Waals surface area contributed by atoms with E-state index in [4.69, 9.17) is 9.26 Å². The van der Waals surface area contributed by atoms with Crippen LogP contribution in [0.4, 0.5) is 0 Å². The van der Waals surface area contributed by atoms with Gasteiger partial charge < -0.3 is 19.1 Å². The number of benzene rings is 1. The number of ether oxygens (including phenoxy) is 1. The average Bonchev–Trinajstić information content (AvgIpc) is 3.46. The summed E-state index contributed by atoms with van der Waals surface area (Å²) < 4.78 is 10.9. The van der Waals surface area contributed by atoms with Crippen LogP contribution >= 0.6 is 0 Å². The van der Waals surface area contributed by atoms with Crippen LogP contribution < -0.4 is 0 Å². The van der Waals surface area contributed by atoms with Crippen molar-refractivity contribution >= 4 is 11.8 Å². The zero-order valence-corrected chi connectivity index (χ0v) is 18.2. The van der Waals surface area contributed by atoms with Gasteiger partial charge in [-0.1, -0.05) is 35.5 Å². The monoisotopic (exact) mass is 427 g/mol. The van der Waals surface area contributed by atoms with Crippen molar-refractivity contribution in [1.82, 2.24) is 24.8 Å². The van der Waals surface area contributed by atoms with Crippen LogP contribution in [0.5, 0.6) is 0 Å². The highest BCUT2D eigenvalue weighted by Gasteiger charge is 2.41. The molecule has 3 atom stereocenters. The standard InChI is InChI=1S/C22H29N5O4/c1-15(21-23-20(24-31-21)17-7-5-4-6-8-17)25-9-11-26(12-10-25)22(29)19-13-18(30-3)14-27(19)16(2)28/h4-8,15,18-19H,9-14H2,1-3H3/t15-,18-,19+/m0/s1. The van der Waals surface area contributed by atoms with Crippen molar-refractivity contribution in [3.8, 4) is 11.4 Å². The first-order valence-corrected chi connectivity index (χ1v) is 10.7. The maximum absolute atomic E-state index is 13.1. The third-order valence-electron chi connectivity index (χ3n) is 6.29. The van der Waals surface area contributed by atoms with Gasteiger partial charge in [-0.15, -0.1) is 0 Å². The molecule has 0 N–H and O–H groups in total. The number of hydrogen-bond acceptors (Lipinski definition) is 7. The largest absolute Gasteiger partial charge is 0.380 e. The molecule has 2 aromatic rings. The number of aromatic nitrogens is 2. The van der Waals surface area contributed by atoms with Gasteiger partial charge in [0.15, 0.2) is 0 Å². The van der Waals surface area contributed by atoms with Gasteiger partial charge in [0, 0.05) is 58.7 Å². The normalized spacial score (nSPS) is 23.2. The Labute approximate surface area is 181 Å². The van der Waals surface area contributed by atoms with Crippen molar-refractivity contribution in [2.24, 2.45) is 0 Å². The van der Waals surface area contributed by atoms with E-state index < -0.39 is 6.04 Å². The summed E-state index contributed by atoms with van der Waals surface area (Å²) in [5, 5.41) is 4.11. The molecule has 31 heavy (non-hydrogen) atoms. The molecule has 2 fully saturated rings. The highest BCUT2D eigenvalue weighted by molar-refractivity contribution is 5.87. The number of carbonyl (C=O) groups excluding carboxylic acids is 2. The summed E-state index contributed by atoms with van der Waals surface area (Å²) in [4.78, 5) is 35.4. The first kappa shape index (κ1) is 21.5. The molecule has 2 aliphatic rings. The molecule has 0 unspecified atom stereocenters. The van der Waals surface area contributed by atoms with Crippen LogP contribution in [0.1, 0.15) is 32.2 Å². The highest BCUT2D eigenvalue weighted by Crippen LogP contribution is 2.26. The molecule has 9 nitrogen and oxygen atoms in total. The Bertz CT molecular complexity index is 910. The number of amides is 2. The zero-order chi connectivity index (χ0) is 22.0. The minimum atomic E-state index is -0.434. The predicted molar refractivity (Wildman–Crippen MR) is 113 cm³/mol. The second kappa shape index (κ2) is 9.15. The van der Waals surface area contributed by atoms with E-state index in [1.165, 1.54) is 6.92 Å². The van der Waals surface area contributed by atoms with Gasteiger partial charge in [-0.25, -0.2) is 0 Å². The first-order valence-electron chi connectivity index (χ1n) is 10.7. The van der Waals surface area contributed by atoms with Gasteiger partial charge in [0.1, 0.15) is 6.04 Å². The van der Waals surface area contributed by atoms with E-state index in [1.54, 1.807) is 12.0 Å². The molecule has 0 saturated carbocycles. The topological polar surface area (TPSA) is 92.0 Å². The number of methoxy groups -OCH3 is 1. The number of piperazine rings is 1. The molecular weight excluding hydrogens is 398 g/mol. The van der Waals surface area contributed by atoms with E-state index in [0.717, 1.165) is 5.56 Å². The molecule has 0 bridgehead atoms. The summed E-state index contributed by atoms with van der Waals surface area (Å²) in [5.74, 6) is 1.07. The van der Waals surface area contributed by atoms with Crippen molar-refractivity contribution < 1.29 is 18.8 Å². The summed E-state index contributed by atoms with van der Waals surface area (Å²) in [6, 6.07) is 9.26. The molecule has 4 rings (SSSR count). The SMILES string of the molecule is CO[C@H]1C[C@H](C(=O)N2CCN([C@@H](C)c3nc(-c4ccccc4)no3)CC2)N(C(C)=O)C1. The number of carbonyl (C=O) groups is 2. The quantitative estimate of drug-likeness (QED) is 0.715. The molecule has 166 valence electrons. The van der Waals surface area contributed by atoms with E-state index in [-0.39, 0.29) is 24.0 Å². The average molecular weight is 428 g/mol. The van der Waals surface area contributed by atoms with Gasteiger partial charge in [0.05, 0.1) is 12.1 Å². The van der Waals surface area contributed by atoms with Crippen molar-refractivity contribution in [2.75, 3.05) is 39.8 Å². The van der Waals surface area contributed by atoms with Crippen molar-refractivity contribution in [2.45, 2.75) is 38.5 Å². The van der Waals surface area contributed by atoms with E-state index in [2.05, 4.69) is 15.0 Å². The smallest absolute Gasteiger partial charge is 0.245 e. The first-order chi connectivity index (χ1) is 15.0. The van der Waals surface area contributed by atoms with Gasteiger partial charge >= 0.3 is 0 Å². The van der Waals surface area contributed by atoms with Crippen LogP contribution in [-0.2, 0) is 14.3 Å². The van der Waals surface area contributed by atoms with Gasteiger partial charge in [-0.2, -0.15) is 4.98 Å². The zero-order valence-electron chi connectivity index (χ0n) is 18.2. The highest BCUT2D eigenvalue weighted by atomic mass is 16.5. The molecular formula is C22H29N5O4. The fourth-order valence-electron chi connectivity index (χ4n) is 4.36. The summed E-state index contributed by atoms with van der Waals surface area (Å²) in [6.07, 6.45) is 0.464. The molecule has 3 heterocycles. The third-order valence-corrected chi connectivity index (χ3v) is 6.29. The van der Waals surface area contributed by atoms with Crippen LogP contribution in [0.25, 0.3) is 11.4 Å². The van der Waals surface area contributed by atoms with E-state index in [9.17, 15) is 9.59 Å². The summed E-state index contributed by atoms with van der Waals surface area (Å²) >= 11 is 0. The van der Waals surface area contributed by atoms with Gasteiger partial charge in [-0.05, 0) is 6.92 Å². The van der Waals surface area contributed by atoms with Gasteiger partial charge in [0.2, 0.25) is 23.5 Å². The Morgan fingerprint density at radius 2 is 1.87 bits per heavy atom. The molecule has 2 amide bonds. The Hall–Kier alpha value is -2.78. The Kier molecular flexibility index (Phi) is 6.33. The minimum Gasteiger partial charge on any atom is -0.380 e. The number of hydrogen-bond donors (Lipinski definition) is 0. The van der Waals surface area contributed by atoms with E-state index >= 15 is 0 Å². The van der Waals surface area contributed by atoms with Crippen molar-refractivity contribution in [3.05, 3.63) is 36.2 Å². The maximum atomic E-state index is 13.1. The fraction of sp³-hybridized carbons (Fsp3) is 0.545. The molecule has 2 aliphatic heterocycles. The second-order valence-corrected chi connectivity index (χ2v) is 8.14.